The molecular formula is C18H15NO. The van der Waals surface area contributed by atoms with E-state index in [9.17, 15) is 0 Å². The van der Waals surface area contributed by atoms with E-state index in [4.69, 9.17) is 4.74 Å². The third-order valence-corrected chi connectivity index (χ3v) is 3.21. The lowest BCUT2D eigenvalue weighted by Crippen LogP contribution is -1.95. The van der Waals surface area contributed by atoms with E-state index in [-0.39, 0.29) is 0 Å². The van der Waals surface area contributed by atoms with Crippen LogP contribution in [0.1, 0.15) is 11.3 Å². The maximum atomic E-state index is 5.83. The Kier molecular flexibility index (Phi) is 3.46. The van der Waals surface area contributed by atoms with Crippen LogP contribution in [0.4, 0.5) is 0 Å². The first-order chi connectivity index (χ1) is 9.86. The van der Waals surface area contributed by atoms with Crippen molar-refractivity contribution in [3.05, 3.63) is 78.6 Å². The molecule has 3 aromatic rings. The van der Waals surface area contributed by atoms with Crippen molar-refractivity contribution >= 4 is 16.8 Å². The molecule has 2 heteroatoms. The van der Waals surface area contributed by atoms with E-state index in [0.717, 1.165) is 27.8 Å². The molecule has 98 valence electrons. The summed E-state index contributed by atoms with van der Waals surface area (Å²) in [6.07, 6.45) is 3.56. The molecule has 1 heterocycles. The molecule has 0 aliphatic carbocycles. The monoisotopic (exact) mass is 261 g/mol. The molecule has 0 unspecified atom stereocenters. The van der Waals surface area contributed by atoms with Crippen LogP contribution in [0.3, 0.4) is 0 Å². The van der Waals surface area contributed by atoms with Gasteiger partial charge in [-0.05, 0) is 41.3 Å². The molecule has 0 bridgehead atoms. The molecule has 0 saturated heterocycles. The van der Waals surface area contributed by atoms with E-state index in [0.29, 0.717) is 6.61 Å². The topological polar surface area (TPSA) is 22.1 Å². The standard InChI is InChI=1S/C18H15NO/c1-2-18-17-9-8-16(12-15(17)10-11-19-18)20-13-14-6-4-3-5-7-14/h2-12H,1,13H2. The highest BCUT2D eigenvalue weighted by molar-refractivity contribution is 5.89. The van der Waals surface area contributed by atoms with Crippen LogP contribution in [0, 0.1) is 0 Å². The van der Waals surface area contributed by atoms with Gasteiger partial charge in [0.1, 0.15) is 12.4 Å². The van der Waals surface area contributed by atoms with Crippen molar-refractivity contribution in [2.24, 2.45) is 0 Å². The van der Waals surface area contributed by atoms with Crippen LogP contribution in [0.25, 0.3) is 16.8 Å². The van der Waals surface area contributed by atoms with Crippen LogP contribution in [0.5, 0.6) is 5.75 Å². The molecule has 2 aromatic carbocycles. The zero-order chi connectivity index (χ0) is 13.8. The summed E-state index contributed by atoms with van der Waals surface area (Å²) in [4.78, 5) is 4.29. The van der Waals surface area contributed by atoms with Gasteiger partial charge < -0.3 is 4.74 Å². The minimum Gasteiger partial charge on any atom is -0.489 e. The van der Waals surface area contributed by atoms with E-state index in [2.05, 4.69) is 23.7 Å². The second-order valence-electron chi connectivity index (χ2n) is 4.56. The van der Waals surface area contributed by atoms with E-state index in [1.165, 1.54) is 0 Å². The van der Waals surface area contributed by atoms with Crippen LogP contribution in [0.15, 0.2) is 67.4 Å². The van der Waals surface area contributed by atoms with Crippen molar-refractivity contribution in [3.8, 4) is 5.75 Å². The van der Waals surface area contributed by atoms with Crippen LogP contribution in [-0.4, -0.2) is 4.98 Å². The average molecular weight is 261 g/mol. The van der Waals surface area contributed by atoms with Crippen LogP contribution in [0.2, 0.25) is 0 Å². The second-order valence-corrected chi connectivity index (χ2v) is 4.56. The lowest BCUT2D eigenvalue weighted by Gasteiger charge is -2.08. The lowest BCUT2D eigenvalue weighted by atomic mass is 10.1. The third-order valence-electron chi connectivity index (χ3n) is 3.21. The Balaban J connectivity index is 1.84. The molecule has 0 N–H and O–H groups in total. The zero-order valence-electron chi connectivity index (χ0n) is 11.1. The molecule has 0 saturated carbocycles. The predicted molar refractivity (Wildman–Crippen MR) is 82.6 cm³/mol. The number of aromatic nitrogens is 1. The average Bonchev–Trinajstić information content (AvgIpc) is 2.53. The minimum atomic E-state index is 0.575. The highest BCUT2D eigenvalue weighted by Gasteiger charge is 2.01. The maximum absolute atomic E-state index is 5.83. The largest absolute Gasteiger partial charge is 0.489 e. The van der Waals surface area contributed by atoms with Gasteiger partial charge in [-0.1, -0.05) is 36.9 Å². The Morgan fingerprint density at radius 2 is 1.90 bits per heavy atom. The van der Waals surface area contributed by atoms with E-state index in [1.54, 1.807) is 12.3 Å². The highest BCUT2D eigenvalue weighted by atomic mass is 16.5. The molecule has 0 atom stereocenters. The van der Waals surface area contributed by atoms with Gasteiger partial charge in [0.2, 0.25) is 0 Å². The molecule has 1 aromatic heterocycles. The van der Waals surface area contributed by atoms with Crippen molar-refractivity contribution in [3.63, 3.8) is 0 Å². The van der Waals surface area contributed by atoms with Gasteiger partial charge >= 0.3 is 0 Å². The van der Waals surface area contributed by atoms with Gasteiger partial charge in [-0.15, -0.1) is 0 Å². The number of hydrogen-bond donors (Lipinski definition) is 0. The summed E-state index contributed by atoms with van der Waals surface area (Å²) < 4.78 is 5.83. The molecule has 0 amide bonds. The summed E-state index contributed by atoms with van der Waals surface area (Å²) in [5, 5.41) is 2.20. The number of pyridine rings is 1. The van der Waals surface area contributed by atoms with Gasteiger partial charge in [-0.25, -0.2) is 0 Å². The van der Waals surface area contributed by atoms with Crippen molar-refractivity contribution in [1.82, 2.24) is 4.98 Å². The zero-order valence-corrected chi connectivity index (χ0v) is 11.1. The van der Waals surface area contributed by atoms with Crippen molar-refractivity contribution < 1.29 is 4.74 Å². The number of fused-ring (bicyclic) bond motifs is 1. The Morgan fingerprint density at radius 3 is 2.70 bits per heavy atom. The fourth-order valence-corrected chi connectivity index (χ4v) is 2.17. The molecule has 2 nitrogen and oxygen atoms in total. The Hall–Kier alpha value is -2.61. The Morgan fingerprint density at radius 1 is 1.05 bits per heavy atom. The van der Waals surface area contributed by atoms with Crippen LogP contribution >= 0.6 is 0 Å². The number of hydrogen-bond acceptors (Lipinski definition) is 2. The lowest BCUT2D eigenvalue weighted by molar-refractivity contribution is 0.306. The highest BCUT2D eigenvalue weighted by Crippen LogP contribution is 2.23. The van der Waals surface area contributed by atoms with Gasteiger partial charge in [-0.3, -0.25) is 4.98 Å². The first kappa shape index (κ1) is 12.4. The number of rotatable bonds is 4. The summed E-state index contributed by atoms with van der Waals surface area (Å²) in [7, 11) is 0. The molecule has 0 fully saturated rings. The van der Waals surface area contributed by atoms with Crippen LogP contribution in [-0.2, 0) is 6.61 Å². The number of nitrogens with zero attached hydrogens (tertiary/aromatic N) is 1. The van der Waals surface area contributed by atoms with Gasteiger partial charge in [0, 0.05) is 11.6 Å². The molecule has 0 aliphatic heterocycles. The Bertz CT molecular complexity index is 735. The van der Waals surface area contributed by atoms with E-state index >= 15 is 0 Å². The first-order valence-corrected chi connectivity index (χ1v) is 6.55. The van der Waals surface area contributed by atoms with Gasteiger partial charge in [0.15, 0.2) is 0 Å². The quantitative estimate of drug-likeness (QED) is 0.692. The van der Waals surface area contributed by atoms with Crippen molar-refractivity contribution in [2.45, 2.75) is 6.61 Å². The first-order valence-electron chi connectivity index (χ1n) is 6.55. The molecular weight excluding hydrogens is 246 g/mol. The maximum Gasteiger partial charge on any atom is 0.120 e. The fourth-order valence-electron chi connectivity index (χ4n) is 2.17. The van der Waals surface area contributed by atoms with Gasteiger partial charge in [0.25, 0.3) is 0 Å². The summed E-state index contributed by atoms with van der Waals surface area (Å²) in [6.45, 7) is 4.36. The predicted octanol–water partition coefficient (Wildman–Crippen LogP) is 4.46. The molecule has 0 spiro atoms. The molecule has 3 rings (SSSR count). The molecule has 0 aliphatic rings. The summed E-state index contributed by atoms with van der Waals surface area (Å²) in [5.41, 5.74) is 2.06. The fraction of sp³-hybridized carbons (Fsp3) is 0.0556. The molecule has 0 radical (unpaired) electrons. The SMILES string of the molecule is C=Cc1nccc2cc(OCc3ccccc3)ccc12. The van der Waals surface area contributed by atoms with Crippen molar-refractivity contribution in [2.75, 3.05) is 0 Å². The number of benzene rings is 2. The van der Waals surface area contributed by atoms with Gasteiger partial charge in [0.05, 0.1) is 5.69 Å². The minimum absolute atomic E-state index is 0.575. The Labute approximate surface area is 118 Å². The van der Waals surface area contributed by atoms with Crippen LogP contribution < -0.4 is 4.74 Å². The molecule has 20 heavy (non-hydrogen) atoms. The summed E-state index contributed by atoms with van der Waals surface area (Å²) in [5.74, 6) is 0.863. The van der Waals surface area contributed by atoms with E-state index in [1.807, 2.05) is 42.5 Å². The summed E-state index contributed by atoms with van der Waals surface area (Å²) in [6, 6.07) is 18.2. The van der Waals surface area contributed by atoms with Gasteiger partial charge in [-0.2, -0.15) is 0 Å². The second kappa shape index (κ2) is 5.57. The third kappa shape index (κ3) is 2.54. The smallest absolute Gasteiger partial charge is 0.120 e. The summed E-state index contributed by atoms with van der Waals surface area (Å²) >= 11 is 0. The van der Waals surface area contributed by atoms with E-state index < -0.39 is 0 Å². The normalized spacial score (nSPS) is 10.4. The van der Waals surface area contributed by atoms with Crippen molar-refractivity contribution in [1.29, 1.82) is 0 Å². The number of ether oxygens (including phenoxy) is 1.